The van der Waals surface area contributed by atoms with Crippen LogP contribution in [0.25, 0.3) is 10.9 Å². The maximum absolute atomic E-state index is 5.24. The van der Waals surface area contributed by atoms with E-state index in [0.717, 1.165) is 34.7 Å². The third-order valence-electron chi connectivity index (χ3n) is 3.85. The molecule has 0 aliphatic rings. The Balaban J connectivity index is 1.88. The largest absolute Gasteiger partial charge is 0.497 e. The molecule has 114 valence electrons. The minimum atomic E-state index is 0.865. The molecule has 1 aromatic heterocycles. The second-order valence-electron chi connectivity index (χ2n) is 5.41. The van der Waals surface area contributed by atoms with Crippen molar-refractivity contribution in [2.24, 2.45) is 0 Å². The molecule has 0 amide bonds. The SMILES string of the molecule is CNCc1c[nH]c2cc(Nc3ccc(OC)cc3C)ccc12. The van der Waals surface area contributed by atoms with Gasteiger partial charge in [0.15, 0.2) is 0 Å². The predicted octanol–water partition coefficient (Wildman–Crippen LogP) is 3.95. The number of ether oxygens (including phenoxy) is 1. The molecule has 0 saturated carbocycles. The van der Waals surface area contributed by atoms with E-state index in [1.54, 1.807) is 7.11 Å². The van der Waals surface area contributed by atoms with Gasteiger partial charge in [-0.2, -0.15) is 0 Å². The highest BCUT2D eigenvalue weighted by Gasteiger charge is 2.05. The van der Waals surface area contributed by atoms with Crippen LogP contribution in [0.4, 0.5) is 11.4 Å². The van der Waals surface area contributed by atoms with Crippen LogP contribution in [0.5, 0.6) is 5.75 Å². The Bertz CT molecular complexity index is 792. The summed E-state index contributed by atoms with van der Waals surface area (Å²) >= 11 is 0. The molecule has 1 heterocycles. The molecule has 3 N–H and O–H groups in total. The molecule has 2 aromatic carbocycles. The predicted molar refractivity (Wildman–Crippen MR) is 92.1 cm³/mol. The topological polar surface area (TPSA) is 49.1 Å². The first kappa shape index (κ1) is 14.5. The third kappa shape index (κ3) is 2.78. The second kappa shape index (κ2) is 6.12. The zero-order valence-corrected chi connectivity index (χ0v) is 13.2. The third-order valence-corrected chi connectivity index (χ3v) is 3.85. The molecule has 4 nitrogen and oxygen atoms in total. The standard InChI is InChI=1S/C18H21N3O/c1-12-8-15(22-3)5-7-17(12)21-14-4-6-16-13(10-19-2)11-20-18(16)9-14/h4-9,11,19-21H,10H2,1-3H3. The lowest BCUT2D eigenvalue weighted by Gasteiger charge is -2.11. The molecule has 0 atom stereocenters. The van der Waals surface area contributed by atoms with Gasteiger partial charge in [-0.15, -0.1) is 0 Å². The summed E-state index contributed by atoms with van der Waals surface area (Å²) in [5, 5.41) is 7.91. The van der Waals surface area contributed by atoms with Crippen molar-refractivity contribution >= 4 is 22.3 Å². The first-order chi connectivity index (χ1) is 10.7. The number of hydrogen-bond donors (Lipinski definition) is 3. The van der Waals surface area contributed by atoms with Crippen LogP contribution in [0.3, 0.4) is 0 Å². The lowest BCUT2D eigenvalue weighted by Crippen LogP contribution is -2.03. The van der Waals surface area contributed by atoms with Gasteiger partial charge in [0.05, 0.1) is 7.11 Å². The summed E-state index contributed by atoms with van der Waals surface area (Å²) in [6, 6.07) is 12.4. The number of nitrogens with one attached hydrogen (secondary N) is 3. The van der Waals surface area contributed by atoms with E-state index in [0.29, 0.717) is 0 Å². The van der Waals surface area contributed by atoms with Crippen molar-refractivity contribution in [2.75, 3.05) is 19.5 Å². The van der Waals surface area contributed by atoms with E-state index >= 15 is 0 Å². The summed E-state index contributed by atoms with van der Waals surface area (Å²) in [5.41, 5.74) is 5.73. The van der Waals surface area contributed by atoms with Crippen LogP contribution in [0.1, 0.15) is 11.1 Å². The number of benzene rings is 2. The summed E-state index contributed by atoms with van der Waals surface area (Å²) in [5.74, 6) is 0.875. The zero-order valence-electron chi connectivity index (χ0n) is 13.2. The highest BCUT2D eigenvalue weighted by atomic mass is 16.5. The van der Waals surface area contributed by atoms with Crippen molar-refractivity contribution in [3.8, 4) is 5.75 Å². The summed E-state index contributed by atoms with van der Waals surface area (Å²) < 4.78 is 5.24. The molecule has 3 aromatic rings. The van der Waals surface area contributed by atoms with Crippen LogP contribution in [-0.2, 0) is 6.54 Å². The second-order valence-corrected chi connectivity index (χ2v) is 5.41. The molecule has 0 bridgehead atoms. The number of fused-ring (bicyclic) bond motifs is 1. The van der Waals surface area contributed by atoms with Crippen LogP contribution in [0.15, 0.2) is 42.6 Å². The maximum Gasteiger partial charge on any atom is 0.119 e. The van der Waals surface area contributed by atoms with E-state index in [2.05, 4.69) is 46.9 Å². The minimum Gasteiger partial charge on any atom is -0.497 e. The Morgan fingerprint density at radius 3 is 2.73 bits per heavy atom. The first-order valence-corrected chi connectivity index (χ1v) is 7.37. The van der Waals surface area contributed by atoms with Gasteiger partial charge in [0.1, 0.15) is 5.75 Å². The van der Waals surface area contributed by atoms with Gasteiger partial charge in [-0.1, -0.05) is 6.07 Å². The van der Waals surface area contributed by atoms with Crippen LogP contribution >= 0.6 is 0 Å². The Kier molecular flexibility index (Phi) is 4.02. The molecule has 22 heavy (non-hydrogen) atoms. The Hall–Kier alpha value is -2.46. The Morgan fingerprint density at radius 1 is 1.14 bits per heavy atom. The monoisotopic (exact) mass is 295 g/mol. The van der Waals surface area contributed by atoms with Crippen molar-refractivity contribution in [1.29, 1.82) is 0 Å². The number of aromatic amines is 1. The average Bonchev–Trinajstić information content (AvgIpc) is 2.92. The minimum absolute atomic E-state index is 0.865. The van der Waals surface area contributed by atoms with Gasteiger partial charge >= 0.3 is 0 Å². The molecule has 0 aliphatic carbocycles. The first-order valence-electron chi connectivity index (χ1n) is 7.37. The van der Waals surface area contributed by atoms with Crippen molar-refractivity contribution in [1.82, 2.24) is 10.3 Å². The molecule has 0 unspecified atom stereocenters. The fraction of sp³-hybridized carbons (Fsp3) is 0.222. The number of anilines is 2. The van der Waals surface area contributed by atoms with Gasteiger partial charge < -0.3 is 20.4 Å². The molecule has 0 saturated heterocycles. The maximum atomic E-state index is 5.24. The average molecular weight is 295 g/mol. The molecular weight excluding hydrogens is 274 g/mol. The van der Waals surface area contributed by atoms with Crippen molar-refractivity contribution in [2.45, 2.75) is 13.5 Å². The molecule has 0 spiro atoms. The van der Waals surface area contributed by atoms with E-state index in [1.165, 1.54) is 10.9 Å². The Morgan fingerprint density at radius 2 is 2.00 bits per heavy atom. The zero-order chi connectivity index (χ0) is 15.5. The van der Waals surface area contributed by atoms with Gasteiger partial charge in [0.2, 0.25) is 0 Å². The molecule has 0 fully saturated rings. The van der Waals surface area contributed by atoms with Crippen LogP contribution in [-0.4, -0.2) is 19.1 Å². The van der Waals surface area contributed by atoms with Gasteiger partial charge in [0, 0.05) is 35.0 Å². The van der Waals surface area contributed by atoms with Crippen LogP contribution < -0.4 is 15.4 Å². The van der Waals surface area contributed by atoms with E-state index in [9.17, 15) is 0 Å². The lowest BCUT2D eigenvalue weighted by molar-refractivity contribution is 0.414. The van der Waals surface area contributed by atoms with E-state index in [4.69, 9.17) is 4.74 Å². The fourth-order valence-electron chi connectivity index (χ4n) is 2.66. The Labute approximate surface area is 130 Å². The smallest absolute Gasteiger partial charge is 0.119 e. The van der Waals surface area contributed by atoms with E-state index in [1.807, 2.05) is 25.2 Å². The lowest BCUT2D eigenvalue weighted by atomic mass is 10.1. The number of rotatable bonds is 5. The van der Waals surface area contributed by atoms with Crippen LogP contribution in [0.2, 0.25) is 0 Å². The van der Waals surface area contributed by atoms with Crippen LogP contribution in [0, 0.1) is 6.92 Å². The number of H-pyrrole nitrogens is 1. The number of aromatic nitrogens is 1. The van der Waals surface area contributed by atoms with E-state index < -0.39 is 0 Å². The van der Waals surface area contributed by atoms with Crippen molar-refractivity contribution < 1.29 is 4.74 Å². The number of hydrogen-bond acceptors (Lipinski definition) is 3. The summed E-state index contributed by atoms with van der Waals surface area (Å²) in [6.07, 6.45) is 2.06. The highest BCUT2D eigenvalue weighted by molar-refractivity contribution is 5.87. The summed E-state index contributed by atoms with van der Waals surface area (Å²) in [7, 11) is 3.64. The molecule has 3 rings (SSSR count). The fourth-order valence-corrected chi connectivity index (χ4v) is 2.66. The summed E-state index contributed by atoms with van der Waals surface area (Å²) in [4.78, 5) is 3.33. The molecule has 4 heteroatoms. The normalized spacial score (nSPS) is 10.9. The molecule has 0 radical (unpaired) electrons. The van der Waals surface area contributed by atoms with Gasteiger partial charge in [-0.3, -0.25) is 0 Å². The summed E-state index contributed by atoms with van der Waals surface area (Å²) in [6.45, 7) is 2.94. The number of methoxy groups -OCH3 is 1. The van der Waals surface area contributed by atoms with Gasteiger partial charge in [-0.05, 0) is 55.4 Å². The molecular formula is C18H21N3O. The van der Waals surface area contributed by atoms with E-state index in [-0.39, 0.29) is 0 Å². The van der Waals surface area contributed by atoms with Gasteiger partial charge in [-0.25, -0.2) is 0 Å². The molecule has 0 aliphatic heterocycles. The van der Waals surface area contributed by atoms with Crippen molar-refractivity contribution in [3.63, 3.8) is 0 Å². The van der Waals surface area contributed by atoms with Gasteiger partial charge in [0.25, 0.3) is 0 Å². The highest BCUT2D eigenvalue weighted by Crippen LogP contribution is 2.27. The quantitative estimate of drug-likeness (QED) is 0.668. The number of aryl methyl sites for hydroxylation is 1. The van der Waals surface area contributed by atoms with Crippen molar-refractivity contribution in [3.05, 3.63) is 53.7 Å².